The van der Waals surface area contributed by atoms with Crippen molar-refractivity contribution in [3.8, 4) is 39.1 Å². The molecule has 0 saturated carbocycles. The smallest absolute Gasteiger partial charge is 0.238 e. The minimum atomic E-state index is -3.72. The van der Waals surface area contributed by atoms with Gasteiger partial charge >= 0.3 is 0 Å². The number of nitrogens with two attached hydrogens (primary N) is 1. The minimum Gasteiger partial charge on any atom is -0.497 e. The lowest BCUT2D eigenvalue weighted by Gasteiger charge is -2.10. The molecule has 0 heterocycles. The van der Waals surface area contributed by atoms with Crippen LogP contribution in [0.4, 0.5) is 0 Å². The van der Waals surface area contributed by atoms with Crippen LogP contribution < -0.4 is 9.88 Å². The third kappa shape index (κ3) is 3.38. The quantitative estimate of drug-likeness (QED) is 0.546. The molecule has 2 aliphatic carbocycles. The minimum absolute atomic E-state index is 0.0988. The SMILES string of the molecule is COc1cccc(-c2c3cccccc-3cc2-c2ccc(S(N)(=O)=O)cc2)c1. The largest absolute Gasteiger partial charge is 0.497 e. The van der Waals surface area contributed by atoms with Crippen LogP contribution in [0.3, 0.4) is 0 Å². The van der Waals surface area contributed by atoms with E-state index in [0.29, 0.717) is 0 Å². The molecule has 4 rings (SSSR count). The van der Waals surface area contributed by atoms with E-state index in [9.17, 15) is 8.42 Å². The first kappa shape index (κ1) is 18.2. The number of sulfonamides is 1. The van der Waals surface area contributed by atoms with Gasteiger partial charge in [0.15, 0.2) is 0 Å². The first-order valence-corrected chi connectivity index (χ1v) is 10.3. The molecule has 5 heteroatoms. The van der Waals surface area contributed by atoms with Gasteiger partial charge in [0, 0.05) is 0 Å². The molecular formula is C23H19NO3S. The van der Waals surface area contributed by atoms with Gasteiger partial charge in [0.2, 0.25) is 10.0 Å². The third-order valence-corrected chi connectivity index (χ3v) is 5.69. The maximum Gasteiger partial charge on any atom is 0.238 e. The molecule has 4 nitrogen and oxygen atoms in total. The second-order valence-corrected chi connectivity index (χ2v) is 8.08. The van der Waals surface area contributed by atoms with Gasteiger partial charge < -0.3 is 4.74 Å². The predicted octanol–water partition coefficient (Wildman–Crippen LogP) is 4.78. The van der Waals surface area contributed by atoms with Crippen LogP contribution in [0.1, 0.15) is 0 Å². The maximum absolute atomic E-state index is 11.6. The van der Waals surface area contributed by atoms with E-state index in [1.54, 1.807) is 19.2 Å². The summed E-state index contributed by atoms with van der Waals surface area (Å²) in [5, 5.41) is 5.23. The summed E-state index contributed by atoms with van der Waals surface area (Å²) in [6.45, 7) is 0. The van der Waals surface area contributed by atoms with E-state index in [1.807, 2.05) is 42.5 Å². The highest BCUT2D eigenvalue weighted by atomic mass is 32.2. The highest BCUT2D eigenvalue weighted by Gasteiger charge is 2.19. The fourth-order valence-corrected chi connectivity index (χ4v) is 3.94. The van der Waals surface area contributed by atoms with E-state index in [0.717, 1.165) is 39.1 Å². The van der Waals surface area contributed by atoms with Gasteiger partial charge in [-0.2, -0.15) is 0 Å². The summed E-state index contributed by atoms with van der Waals surface area (Å²) in [7, 11) is -2.08. The average Bonchev–Trinajstić information content (AvgIpc) is 2.90. The van der Waals surface area contributed by atoms with E-state index in [4.69, 9.17) is 9.88 Å². The molecule has 140 valence electrons. The lowest BCUT2D eigenvalue weighted by molar-refractivity contribution is 0.415. The van der Waals surface area contributed by atoms with Crippen LogP contribution >= 0.6 is 0 Å². The van der Waals surface area contributed by atoms with Gasteiger partial charge in [0.25, 0.3) is 0 Å². The second kappa shape index (κ2) is 7.11. The van der Waals surface area contributed by atoms with Gasteiger partial charge in [-0.1, -0.05) is 54.6 Å². The predicted molar refractivity (Wildman–Crippen MR) is 112 cm³/mol. The lowest BCUT2D eigenvalue weighted by Crippen LogP contribution is -2.11. The summed E-state index contributed by atoms with van der Waals surface area (Å²) >= 11 is 0. The number of fused-ring (bicyclic) bond motifs is 1. The average molecular weight is 389 g/mol. The normalized spacial score (nSPS) is 11.5. The van der Waals surface area contributed by atoms with Crippen molar-refractivity contribution in [2.45, 2.75) is 4.90 Å². The zero-order valence-corrected chi connectivity index (χ0v) is 16.1. The number of benzene rings is 2. The Balaban J connectivity index is 1.96. The molecule has 0 atom stereocenters. The molecule has 0 fully saturated rings. The van der Waals surface area contributed by atoms with Crippen LogP contribution in [0.2, 0.25) is 0 Å². The summed E-state index contributed by atoms with van der Waals surface area (Å²) in [5.74, 6) is 0.780. The van der Waals surface area contributed by atoms with Crippen molar-refractivity contribution in [3.63, 3.8) is 0 Å². The zero-order valence-electron chi connectivity index (χ0n) is 15.3. The van der Waals surface area contributed by atoms with Crippen molar-refractivity contribution in [2.24, 2.45) is 5.14 Å². The molecule has 2 aromatic rings. The fourth-order valence-electron chi connectivity index (χ4n) is 3.43. The van der Waals surface area contributed by atoms with Crippen molar-refractivity contribution >= 4 is 10.0 Å². The number of primary sulfonamides is 1. The molecule has 0 amide bonds. The Bertz CT molecular complexity index is 1210. The van der Waals surface area contributed by atoms with Crippen LogP contribution in [-0.2, 0) is 10.0 Å². The lowest BCUT2D eigenvalue weighted by atomic mass is 9.96. The van der Waals surface area contributed by atoms with Crippen molar-refractivity contribution < 1.29 is 13.2 Å². The molecule has 0 saturated heterocycles. The molecule has 2 aliphatic rings. The van der Waals surface area contributed by atoms with Crippen molar-refractivity contribution in [1.82, 2.24) is 0 Å². The van der Waals surface area contributed by atoms with E-state index in [2.05, 4.69) is 18.2 Å². The molecule has 2 N–H and O–H groups in total. The highest BCUT2D eigenvalue weighted by molar-refractivity contribution is 7.89. The molecule has 0 aliphatic heterocycles. The summed E-state index contributed by atoms with van der Waals surface area (Å²) in [6, 6.07) is 26.9. The Morgan fingerprint density at radius 3 is 2.14 bits per heavy atom. The van der Waals surface area contributed by atoms with Crippen LogP contribution in [0.25, 0.3) is 33.4 Å². The van der Waals surface area contributed by atoms with Gasteiger partial charge in [-0.05, 0) is 63.7 Å². The van der Waals surface area contributed by atoms with Gasteiger partial charge in [-0.3, -0.25) is 0 Å². The van der Waals surface area contributed by atoms with Gasteiger partial charge in [-0.25, -0.2) is 13.6 Å². The van der Waals surface area contributed by atoms with Gasteiger partial charge in [-0.15, -0.1) is 0 Å². The second-order valence-electron chi connectivity index (χ2n) is 6.51. The molecule has 0 bridgehead atoms. The summed E-state index contributed by atoms with van der Waals surface area (Å²) in [6.07, 6.45) is 0. The Kier molecular flexibility index (Phi) is 4.63. The Morgan fingerprint density at radius 1 is 0.714 bits per heavy atom. The number of rotatable bonds is 4. The van der Waals surface area contributed by atoms with Crippen LogP contribution in [0, 0.1) is 0 Å². The first-order chi connectivity index (χ1) is 13.5. The van der Waals surface area contributed by atoms with E-state index >= 15 is 0 Å². The standard InChI is InChI=1S/C23H19NO3S/c1-27-19-8-5-7-18(14-19)23-21-9-4-2-3-6-17(21)15-22(23)16-10-12-20(13-11-16)28(24,25)26/h2-15H,1H3,(H2,24,25,26). The third-order valence-electron chi connectivity index (χ3n) is 4.76. The number of hydrogen-bond donors (Lipinski definition) is 1. The Hall–Kier alpha value is -3.15. The number of ether oxygens (including phenoxy) is 1. The summed E-state index contributed by atoms with van der Waals surface area (Å²) in [5.41, 5.74) is 6.27. The van der Waals surface area contributed by atoms with E-state index < -0.39 is 10.0 Å². The van der Waals surface area contributed by atoms with Crippen LogP contribution in [0.5, 0.6) is 5.75 Å². The molecule has 0 spiro atoms. The fraction of sp³-hybridized carbons (Fsp3) is 0.0435. The summed E-state index contributed by atoms with van der Waals surface area (Å²) < 4.78 is 28.6. The zero-order chi connectivity index (χ0) is 19.7. The van der Waals surface area contributed by atoms with Crippen LogP contribution in [-0.4, -0.2) is 15.5 Å². The van der Waals surface area contributed by atoms with E-state index in [1.165, 1.54) is 12.1 Å². The molecule has 0 radical (unpaired) electrons. The van der Waals surface area contributed by atoms with Crippen LogP contribution in [0.15, 0.2) is 89.8 Å². The molecule has 2 aromatic carbocycles. The van der Waals surface area contributed by atoms with Crippen molar-refractivity contribution in [3.05, 3.63) is 84.9 Å². The maximum atomic E-state index is 11.6. The Labute approximate surface area is 164 Å². The number of hydrogen-bond acceptors (Lipinski definition) is 3. The molecule has 0 aromatic heterocycles. The molecular weight excluding hydrogens is 370 g/mol. The Morgan fingerprint density at radius 2 is 1.43 bits per heavy atom. The van der Waals surface area contributed by atoms with Crippen molar-refractivity contribution in [2.75, 3.05) is 7.11 Å². The molecule has 0 unspecified atom stereocenters. The molecule has 28 heavy (non-hydrogen) atoms. The number of methoxy groups -OCH3 is 1. The first-order valence-electron chi connectivity index (χ1n) is 8.77. The van der Waals surface area contributed by atoms with E-state index in [-0.39, 0.29) is 4.90 Å². The topological polar surface area (TPSA) is 69.4 Å². The summed E-state index contributed by atoms with van der Waals surface area (Å²) in [4.78, 5) is 0.0988. The van der Waals surface area contributed by atoms with Crippen molar-refractivity contribution in [1.29, 1.82) is 0 Å². The van der Waals surface area contributed by atoms with Gasteiger partial charge in [0.1, 0.15) is 5.75 Å². The highest BCUT2D eigenvalue weighted by Crippen LogP contribution is 2.44. The monoisotopic (exact) mass is 389 g/mol. The van der Waals surface area contributed by atoms with Gasteiger partial charge in [0.05, 0.1) is 12.0 Å².